The van der Waals surface area contributed by atoms with Crippen LogP contribution in [-0.4, -0.2) is 53.8 Å². The fourth-order valence-electron chi connectivity index (χ4n) is 8.41. The second-order valence-corrected chi connectivity index (χ2v) is 22.1. The summed E-state index contributed by atoms with van der Waals surface area (Å²) in [7, 11) is -1.40. The molecule has 0 saturated heterocycles. The highest BCUT2D eigenvalue weighted by atomic mass is 32.1. The van der Waals surface area contributed by atoms with Crippen molar-refractivity contribution in [3.63, 3.8) is 0 Å². The molecule has 0 spiro atoms. The summed E-state index contributed by atoms with van der Waals surface area (Å²) < 4.78 is 16.5. The normalized spacial score (nSPS) is 13.0. The van der Waals surface area contributed by atoms with E-state index in [1.807, 2.05) is 0 Å². The maximum absolute atomic E-state index is 5.98. The van der Waals surface area contributed by atoms with Gasteiger partial charge in [-0.25, -0.2) is 0 Å². The third-order valence-electron chi connectivity index (χ3n) is 11.5. The van der Waals surface area contributed by atoms with E-state index in [1.54, 1.807) is 0 Å². The van der Waals surface area contributed by atoms with Gasteiger partial charge in [0, 0.05) is 64.0 Å². The molecule has 0 aliphatic rings. The van der Waals surface area contributed by atoms with E-state index in [0.717, 1.165) is 35.7 Å². The van der Waals surface area contributed by atoms with E-state index in [0.29, 0.717) is 24.2 Å². The first-order valence-electron chi connectivity index (χ1n) is 22.7. The van der Waals surface area contributed by atoms with Gasteiger partial charge in [0.25, 0.3) is 0 Å². The highest BCUT2D eigenvalue weighted by molar-refractivity contribution is 7.71. The van der Waals surface area contributed by atoms with Crippen LogP contribution in [0.2, 0.25) is 0 Å². The molecule has 0 unspecified atom stereocenters. The van der Waals surface area contributed by atoms with Crippen molar-refractivity contribution in [1.82, 2.24) is 27.6 Å². The van der Waals surface area contributed by atoms with Gasteiger partial charge >= 0.3 is 0 Å². The van der Waals surface area contributed by atoms with Crippen molar-refractivity contribution in [3.05, 3.63) is 166 Å². The quantitative estimate of drug-likeness (QED) is 0.0634. The fraction of sp³-hybridized carbons (Fsp3) is 0.423. The molecule has 0 amide bonds. The SMILES string of the molecule is CCN(CC)[P@](c1cn(C(C)C)c(=S)n1C(C)C)C(c1ccccc1)c1ccccc1.CCN(CC)[P@](c1cn(C(C)C)c(=S)n1C(C)C)C(c1ccccc1)c1ccccc1. The Kier molecular flexibility index (Phi) is 18.7. The largest absolute Gasteiger partial charge is 0.321 e. The van der Waals surface area contributed by atoms with E-state index in [4.69, 9.17) is 24.4 Å². The number of hydrogen-bond acceptors (Lipinski definition) is 4. The van der Waals surface area contributed by atoms with Gasteiger partial charge in [0.05, 0.1) is 10.9 Å². The van der Waals surface area contributed by atoms with Gasteiger partial charge in [-0.1, -0.05) is 149 Å². The molecule has 4 aromatic carbocycles. The minimum absolute atomic E-state index is 0.278. The van der Waals surface area contributed by atoms with Crippen molar-refractivity contribution < 1.29 is 0 Å². The zero-order valence-electron chi connectivity index (χ0n) is 39.4. The van der Waals surface area contributed by atoms with E-state index in [2.05, 4.69) is 244 Å². The van der Waals surface area contributed by atoms with Crippen LogP contribution in [0.4, 0.5) is 0 Å². The molecule has 2 atom stereocenters. The van der Waals surface area contributed by atoms with Gasteiger partial charge in [-0.05, 0) is 128 Å². The van der Waals surface area contributed by atoms with Crippen molar-refractivity contribution in [2.75, 3.05) is 26.2 Å². The van der Waals surface area contributed by atoms with Crippen LogP contribution in [0.25, 0.3) is 0 Å². The lowest BCUT2D eigenvalue weighted by molar-refractivity contribution is 0.502. The van der Waals surface area contributed by atoms with Gasteiger partial charge in [0.15, 0.2) is 9.54 Å². The van der Waals surface area contributed by atoms with Crippen molar-refractivity contribution >= 4 is 51.5 Å². The molecular formula is C52H72N6P2S2. The molecule has 6 nitrogen and oxygen atoms in total. The second-order valence-electron chi connectivity index (χ2n) is 16.9. The van der Waals surface area contributed by atoms with Crippen LogP contribution in [0, 0.1) is 9.54 Å². The van der Waals surface area contributed by atoms with Crippen LogP contribution in [0.3, 0.4) is 0 Å². The highest BCUT2D eigenvalue weighted by Crippen LogP contribution is 2.58. The van der Waals surface area contributed by atoms with Gasteiger partial charge in [-0.15, -0.1) is 0 Å². The molecule has 2 aromatic heterocycles. The summed E-state index contributed by atoms with van der Waals surface area (Å²) in [6.45, 7) is 31.0. The molecule has 6 rings (SSSR count). The number of nitrogens with zero attached hydrogens (tertiary/aromatic N) is 6. The van der Waals surface area contributed by atoms with Crippen molar-refractivity contribution in [3.8, 4) is 0 Å². The molecule has 0 N–H and O–H groups in total. The molecule has 2 heterocycles. The zero-order valence-corrected chi connectivity index (χ0v) is 42.8. The summed E-state index contributed by atoms with van der Waals surface area (Å²) in [4.78, 5) is 0. The van der Waals surface area contributed by atoms with Gasteiger partial charge in [0.1, 0.15) is 0 Å². The third-order valence-corrected chi connectivity index (χ3v) is 18.4. The van der Waals surface area contributed by atoms with E-state index in [1.165, 1.54) is 33.1 Å². The first-order chi connectivity index (χ1) is 29.8. The van der Waals surface area contributed by atoms with Crippen molar-refractivity contribution in [2.24, 2.45) is 0 Å². The summed E-state index contributed by atoms with van der Waals surface area (Å²) >= 11 is 12.0. The smallest absolute Gasteiger partial charge is 0.180 e. The van der Waals surface area contributed by atoms with Crippen molar-refractivity contribution in [2.45, 2.75) is 119 Å². The maximum atomic E-state index is 5.98. The lowest BCUT2D eigenvalue weighted by Crippen LogP contribution is -2.30. The average molecular weight is 907 g/mol. The van der Waals surface area contributed by atoms with Crippen LogP contribution in [0.1, 0.15) is 141 Å². The Balaban J connectivity index is 0.000000234. The molecule has 0 aliphatic carbocycles. The average Bonchev–Trinajstić information content (AvgIpc) is 3.82. The Labute approximate surface area is 387 Å². The van der Waals surface area contributed by atoms with Gasteiger partial charge in [-0.3, -0.25) is 9.34 Å². The van der Waals surface area contributed by atoms with Gasteiger partial charge < -0.3 is 18.3 Å². The minimum atomic E-state index is -0.700. The Hall–Kier alpha value is -3.48. The van der Waals surface area contributed by atoms with Crippen LogP contribution in [-0.2, 0) is 0 Å². The summed E-state index contributed by atoms with van der Waals surface area (Å²) in [6.07, 6.45) is 4.69. The van der Waals surface area contributed by atoms with Crippen molar-refractivity contribution in [1.29, 1.82) is 0 Å². The summed E-state index contributed by atoms with van der Waals surface area (Å²) in [6, 6.07) is 45.3. The van der Waals surface area contributed by atoms with E-state index < -0.39 is 16.1 Å². The van der Waals surface area contributed by atoms with Gasteiger partial charge in [0.2, 0.25) is 0 Å². The molecule has 10 heteroatoms. The molecule has 0 radical (unpaired) electrons. The number of hydrogen-bond donors (Lipinski definition) is 0. The van der Waals surface area contributed by atoms with Crippen LogP contribution < -0.4 is 10.9 Å². The Morgan fingerprint density at radius 3 is 0.839 bits per heavy atom. The highest BCUT2D eigenvalue weighted by Gasteiger charge is 2.36. The zero-order chi connectivity index (χ0) is 45.1. The van der Waals surface area contributed by atoms with Crippen LogP contribution >= 0.6 is 40.6 Å². The first kappa shape index (κ1) is 49.5. The lowest BCUT2D eigenvalue weighted by Gasteiger charge is -2.37. The first-order valence-corrected chi connectivity index (χ1v) is 26.3. The molecular weight excluding hydrogens is 835 g/mol. The molecule has 0 fully saturated rings. The summed E-state index contributed by atoms with van der Waals surface area (Å²) in [5.74, 6) is 0. The number of imidazole rings is 2. The fourth-order valence-corrected chi connectivity index (χ4v) is 16.1. The van der Waals surface area contributed by atoms with E-state index in [9.17, 15) is 0 Å². The van der Waals surface area contributed by atoms with E-state index in [-0.39, 0.29) is 11.3 Å². The molecule has 0 aliphatic heterocycles. The molecule has 0 saturated carbocycles. The third kappa shape index (κ3) is 11.2. The van der Waals surface area contributed by atoms with Gasteiger partial charge in [-0.2, -0.15) is 0 Å². The molecule has 62 heavy (non-hydrogen) atoms. The predicted octanol–water partition coefficient (Wildman–Crippen LogP) is 14.7. The van der Waals surface area contributed by atoms with Crippen LogP contribution in [0.5, 0.6) is 0 Å². The Morgan fingerprint density at radius 1 is 0.403 bits per heavy atom. The monoisotopic (exact) mass is 906 g/mol. The lowest BCUT2D eigenvalue weighted by atomic mass is 10.0. The predicted molar refractivity (Wildman–Crippen MR) is 276 cm³/mol. The van der Waals surface area contributed by atoms with E-state index >= 15 is 0 Å². The number of rotatable bonds is 18. The van der Waals surface area contributed by atoms with Crippen LogP contribution in [0.15, 0.2) is 134 Å². The topological polar surface area (TPSA) is 26.2 Å². The summed E-state index contributed by atoms with van der Waals surface area (Å²) in [5.41, 5.74) is 8.75. The Morgan fingerprint density at radius 2 is 0.645 bits per heavy atom. The second kappa shape index (κ2) is 23.4. The standard InChI is InChI=1S/2C26H36N3PS/c2*1-7-27(8-2)30(24-19-28(20(3)4)26(31)29(24)21(5)6)25(22-15-11-9-12-16-22)23-17-13-10-14-18-23/h2*9-21,25H,7-8H2,1-6H3/t2*30-/m11/s1. The number of benzene rings is 4. The Bertz CT molecular complexity index is 2100. The maximum Gasteiger partial charge on any atom is 0.180 e. The molecule has 0 bridgehead atoms. The summed E-state index contributed by atoms with van der Waals surface area (Å²) in [5, 5.41) is 0. The minimum Gasteiger partial charge on any atom is -0.321 e. The number of aromatic nitrogens is 4. The molecule has 6 aromatic rings. The molecule has 332 valence electrons.